The standard InChI is InChI=1S/C22H21ClN4O/c23-19-5-1-3-17(12-19)20-13-25-14-21(26-20)18-4-2-10-27(15-18)22(28)11-16-6-8-24-9-7-16/h1,3,5-9,12-14,18H,2,4,10-11,15H2/t18-/m1/s1. The Morgan fingerprint density at radius 3 is 2.82 bits per heavy atom. The first-order chi connectivity index (χ1) is 13.7. The van der Waals surface area contributed by atoms with Gasteiger partial charge in [-0.1, -0.05) is 23.7 Å². The smallest absolute Gasteiger partial charge is 0.227 e. The molecule has 1 aromatic carbocycles. The predicted molar refractivity (Wildman–Crippen MR) is 109 cm³/mol. The Morgan fingerprint density at radius 1 is 1.14 bits per heavy atom. The number of halogens is 1. The highest BCUT2D eigenvalue weighted by molar-refractivity contribution is 6.30. The van der Waals surface area contributed by atoms with Crippen molar-refractivity contribution in [2.24, 2.45) is 0 Å². The van der Waals surface area contributed by atoms with Crippen molar-refractivity contribution >= 4 is 17.5 Å². The van der Waals surface area contributed by atoms with Crippen LogP contribution in [0.4, 0.5) is 0 Å². The first-order valence-corrected chi connectivity index (χ1v) is 9.81. The number of amides is 1. The second-order valence-corrected chi connectivity index (χ2v) is 7.49. The summed E-state index contributed by atoms with van der Waals surface area (Å²) in [5.74, 6) is 0.344. The van der Waals surface area contributed by atoms with Crippen LogP contribution in [0.2, 0.25) is 5.02 Å². The number of hydrogen-bond acceptors (Lipinski definition) is 4. The van der Waals surface area contributed by atoms with E-state index >= 15 is 0 Å². The third-order valence-electron chi connectivity index (χ3n) is 5.07. The van der Waals surface area contributed by atoms with E-state index in [-0.39, 0.29) is 11.8 Å². The fourth-order valence-corrected chi connectivity index (χ4v) is 3.79. The number of carbonyl (C=O) groups is 1. The SMILES string of the molecule is O=C(Cc1ccncc1)N1CCC[C@@H](c2cncc(-c3cccc(Cl)c3)n2)C1. The summed E-state index contributed by atoms with van der Waals surface area (Å²) in [6, 6.07) is 11.4. The Kier molecular flexibility index (Phi) is 5.63. The zero-order valence-corrected chi connectivity index (χ0v) is 16.2. The van der Waals surface area contributed by atoms with E-state index in [4.69, 9.17) is 16.6 Å². The Hall–Kier alpha value is -2.79. The molecule has 0 N–H and O–H groups in total. The van der Waals surface area contributed by atoms with Crippen molar-refractivity contribution in [2.75, 3.05) is 13.1 Å². The molecule has 1 amide bonds. The molecule has 1 aliphatic heterocycles. The van der Waals surface area contributed by atoms with Gasteiger partial charge < -0.3 is 4.90 Å². The van der Waals surface area contributed by atoms with E-state index in [1.165, 1.54) is 0 Å². The van der Waals surface area contributed by atoms with E-state index in [0.717, 1.165) is 41.9 Å². The number of nitrogens with zero attached hydrogens (tertiary/aromatic N) is 4. The van der Waals surface area contributed by atoms with Gasteiger partial charge in [0, 0.05) is 48.2 Å². The van der Waals surface area contributed by atoms with Crippen molar-refractivity contribution in [1.82, 2.24) is 19.9 Å². The number of pyridine rings is 1. The minimum atomic E-state index is 0.148. The molecule has 4 rings (SSSR count). The molecule has 1 saturated heterocycles. The van der Waals surface area contributed by atoms with Crippen molar-refractivity contribution in [3.63, 3.8) is 0 Å². The molecule has 6 heteroatoms. The van der Waals surface area contributed by atoms with Crippen LogP contribution < -0.4 is 0 Å². The second kappa shape index (κ2) is 8.48. The van der Waals surface area contributed by atoms with Gasteiger partial charge in [-0.25, -0.2) is 4.98 Å². The summed E-state index contributed by atoms with van der Waals surface area (Å²) in [5.41, 5.74) is 3.67. The predicted octanol–water partition coefficient (Wildman–Crippen LogP) is 4.14. The first-order valence-electron chi connectivity index (χ1n) is 9.43. The van der Waals surface area contributed by atoms with E-state index in [2.05, 4.69) is 9.97 Å². The summed E-state index contributed by atoms with van der Waals surface area (Å²) in [6.45, 7) is 1.47. The Morgan fingerprint density at radius 2 is 2.00 bits per heavy atom. The van der Waals surface area contributed by atoms with Gasteiger partial charge in [0.25, 0.3) is 0 Å². The lowest BCUT2D eigenvalue weighted by atomic mass is 9.94. The number of hydrogen-bond donors (Lipinski definition) is 0. The Bertz CT molecular complexity index is 964. The van der Waals surface area contributed by atoms with Gasteiger partial charge in [0.05, 0.1) is 24.0 Å². The van der Waals surface area contributed by atoms with Crippen molar-refractivity contribution in [3.8, 4) is 11.3 Å². The molecule has 142 valence electrons. The molecule has 3 heterocycles. The molecule has 0 radical (unpaired) electrons. The van der Waals surface area contributed by atoms with Gasteiger partial charge in [0.1, 0.15) is 0 Å². The van der Waals surface area contributed by atoms with Crippen LogP contribution in [-0.2, 0) is 11.2 Å². The van der Waals surface area contributed by atoms with E-state index in [9.17, 15) is 4.79 Å². The van der Waals surface area contributed by atoms with Crippen LogP contribution in [-0.4, -0.2) is 38.8 Å². The lowest BCUT2D eigenvalue weighted by Gasteiger charge is -2.32. The third-order valence-corrected chi connectivity index (χ3v) is 5.31. The van der Waals surface area contributed by atoms with Gasteiger partial charge in [0.15, 0.2) is 0 Å². The zero-order chi connectivity index (χ0) is 19.3. The van der Waals surface area contributed by atoms with Crippen molar-refractivity contribution < 1.29 is 4.79 Å². The highest BCUT2D eigenvalue weighted by atomic mass is 35.5. The van der Waals surface area contributed by atoms with Crippen molar-refractivity contribution in [2.45, 2.75) is 25.2 Å². The molecule has 0 bridgehead atoms. The number of aromatic nitrogens is 3. The molecule has 3 aromatic rings. The lowest BCUT2D eigenvalue weighted by Crippen LogP contribution is -2.40. The van der Waals surface area contributed by atoms with Crippen molar-refractivity contribution in [3.05, 3.63) is 77.5 Å². The van der Waals surface area contributed by atoms with E-state index < -0.39 is 0 Å². The maximum atomic E-state index is 12.7. The minimum absolute atomic E-state index is 0.148. The molecule has 0 saturated carbocycles. The van der Waals surface area contributed by atoms with E-state index in [1.807, 2.05) is 47.5 Å². The molecular formula is C22H21ClN4O. The number of carbonyl (C=O) groups excluding carboxylic acids is 1. The van der Waals surface area contributed by atoms with Crippen LogP contribution in [0.25, 0.3) is 11.3 Å². The highest BCUT2D eigenvalue weighted by Crippen LogP contribution is 2.28. The molecule has 1 aliphatic rings. The monoisotopic (exact) mass is 392 g/mol. The zero-order valence-electron chi connectivity index (χ0n) is 15.5. The van der Waals surface area contributed by atoms with Crippen LogP contribution >= 0.6 is 11.6 Å². The Labute approximate surface area is 169 Å². The average Bonchev–Trinajstić information content (AvgIpc) is 2.75. The van der Waals surface area contributed by atoms with E-state index in [0.29, 0.717) is 18.0 Å². The summed E-state index contributed by atoms with van der Waals surface area (Å²) >= 11 is 6.11. The summed E-state index contributed by atoms with van der Waals surface area (Å²) in [5, 5.41) is 0.676. The molecule has 2 aromatic heterocycles. The summed E-state index contributed by atoms with van der Waals surface area (Å²) in [4.78, 5) is 27.9. The molecule has 0 unspecified atom stereocenters. The quantitative estimate of drug-likeness (QED) is 0.669. The van der Waals surface area contributed by atoms with Gasteiger partial charge in [-0.2, -0.15) is 0 Å². The maximum Gasteiger partial charge on any atom is 0.227 e. The van der Waals surface area contributed by atoms with Gasteiger partial charge in [-0.3, -0.25) is 14.8 Å². The molecular weight excluding hydrogens is 372 g/mol. The minimum Gasteiger partial charge on any atom is -0.342 e. The molecule has 0 spiro atoms. The fraction of sp³-hybridized carbons (Fsp3) is 0.273. The van der Waals surface area contributed by atoms with E-state index in [1.54, 1.807) is 18.6 Å². The summed E-state index contributed by atoms with van der Waals surface area (Å²) in [7, 11) is 0. The third kappa shape index (κ3) is 4.37. The molecule has 1 atom stereocenters. The first kappa shape index (κ1) is 18.6. The molecule has 28 heavy (non-hydrogen) atoms. The van der Waals surface area contributed by atoms with Crippen LogP contribution in [0.5, 0.6) is 0 Å². The maximum absolute atomic E-state index is 12.7. The second-order valence-electron chi connectivity index (χ2n) is 7.05. The largest absolute Gasteiger partial charge is 0.342 e. The number of benzene rings is 1. The molecule has 5 nitrogen and oxygen atoms in total. The van der Waals surface area contributed by atoms with Gasteiger partial charge in [-0.05, 0) is 42.7 Å². The number of likely N-dealkylation sites (tertiary alicyclic amines) is 1. The number of piperidine rings is 1. The normalized spacial score (nSPS) is 16.8. The van der Waals surface area contributed by atoms with Gasteiger partial charge >= 0.3 is 0 Å². The van der Waals surface area contributed by atoms with Crippen LogP contribution in [0.3, 0.4) is 0 Å². The van der Waals surface area contributed by atoms with Crippen molar-refractivity contribution in [1.29, 1.82) is 0 Å². The van der Waals surface area contributed by atoms with Gasteiger partial charge in [0.2, 0.25) is 5.91 Å². The van der Waals surface area contributed by atoms with Crippen LogP contribution in [0, 0.1) is 0 Å². The molecule has 0 aliphatic carbocycles. The van der Waals surface area contributed by atoms with Crippen LogP contribution in [0.15, 0.2) is 61.2 Å². The summed E-state index contributed by atoms with van der Waals surface area (Å²) in [6.07, 6.45) is 9.39. The highest BCUT2D eigenvalue weighted by Gasteiger charge is 2.26. The lowest BCUT2D eigenvalue weighted by molar-refractivity contribution is -0.131. The van der Waals surface area contributed by atoms with Gasteiger partial charge in [-0.15, -0.1) is 0 Å². The Balaban J connectivity index is 1.49. The number of rotatable bonds is 4. The topological polar surface area (TPSA) is 59.0 Å². The summed E-state index contributed by atoms with van der Waals surface area (Å²) < 4.78 is 0. The average molecular weight is 393 g/mol. The molecule has 1 fully saturated rings. The fourth-order valence-electron chi connectivity index (χ4n) is 3.60. The van der Waals surface area contributed by atoms with Crippen LogP contribution in [0.1, 0.15) is 30.0 Å².